The zero-order valence-electron chi connectivity index (χ0n) is 23.0. The predicted molar refractivity (Wildman–Crippen MR) is 149 cm³/mol. The molecule has 4 N–H and O–H groups in total. The van der Waals surface area contributed by atoms with E-state index >= 15 is 0 Å². The Hall–Kier alpha value is -3.88. The molecule has 0 spiro atoms. The Morgan fingerprint density at radius 3 is 2.34 bits per heavy atom. The van der Waals surface area contributed by atoms with Gasteiger partial charge in [-0.05, 0) is 47.4 Å². The van der Waals surface area contributed by atoms with Gasteiger partial charge in [0, 0.05) is 41.8 Å². The van der Waals surface area contributed by atoms with E-state index in [9.17, 15) is 14.7 Å². The van der Waals surface area contributed by atoms with Crippen LogP contribution in [0, 0.1) is 5.41 Å². The van der Waals surface area contributed by atoms with Gasteiger partial charge in [0.2, 0.25) is 0 Å². The summed E-state index contributed by atoms with van der Waals surface area (Å²) in [7, 11) is 0. The highest BCUT2D eigenvalue weighted by Gasteiger charge is 2.39. The van der Waals surface area contributed by atoms with Gasteiger partial charge < -0.3 is 21.1 Å². The highest BCUT2D eigenvalue weighted by Crippen LogP contribution is 2.37. The third-order valence-electron chi connectivity index (χ3n) is 7.30. The average molecular weight is 519 g/mol. The second-order valence-electron chi connectivity index (χ2n) is 12.2. The number of amides is 2. The predicted octanol–water partition coefficient (Wildman–Crippen LogP) is 5.81. The van der Waals surface area contributed by atoms with E-state index in [4.69, 9.17) is 5.73 Å². The van der Waals surface area contributed by atoms with Crippen molar-refractivity contribution >= 4 is 23.5 Å². The number of carbonyl (C=O) groups is 2. The first-order valence-corrected chi connectivity index (χ1v) is 13.0. The summed E-state index contributed by atoms with van der Waals surface area (Å²) in [6.45, 7) is 13.1. The first kappa shape index (κ1) is 27.2. The van der Waals surface area contributed by atoms with Crippen LogP contribution in [0.4, 0.5) is 16.3 Å². The van der Waals surface area contributed by atoms with E-state index in [-0.39, 0.29) is 40.2 Å². The summed E-state index contributed by atoms with van der Waals surface area (Å²) in [6, 6.07) is 9.47. The van der Waals surface area contributed by atoms with Crippen molar-refractivity contribution in [3.05, 3.63) is 60.0 Å². The molecule has 0 radical (unpaired) electrons. The third kappa shape index (κ3) is 5.82. The van der Waals surface area contributed by atoms with Crippen LogP contribution in [0.3, 0.4) is 0 Å². The van der Waals surface area contributed by atoms with Gasteiger partial charge in [-0.2, -0.15) is 5.10 Å². The van der Waals surface area contributed by atoms with Crippen molar-refractivity contribution in [2.45, 2.75) is 71.9 Å². The average Bonchev–Trinajstić information content (AvgIpc) is 3.33. The lowest BCUT2D eigenvalue weighted by atomic mass is 9.79. The first-order valence-electron chi connectivity index (χ1n) is 13.0. The smallest absolute Gasteiger partial charge is 0.407 e. The van der Waals surface area contributed by atoms with E-state index in [1.807, 2.05) is 35.1 Å². The number of carboxylic acid groups (broad SMARTS) is 1. The van der Waals surface area contributed by atoms with Crippen molar-refractivity contribution in [2.24, 2.45) is 5.41 Å². The maximum absolute atomic E-state index is 13.1. The van der Waals surface area contributed by atoms with Crippen LogP contribution in [0.25, 0.3) is 11.1 Å². The van der Waals surface area contributed by atoms with Gasteiger partial charge in [-0.15, -0.1) is 0 Å². The highest BCUT2D eigenvalue weighted by molar-refractivity contribution is 6.07. The topological polar surface area (TPSA) is 126 Å². The number of carbonyl (C=O) groups excluding carboxylic acids is 1. The van der Waals surface area contributed by atoms with Crippen LogP contribution in [0.15, 0.2) is 48.9 Å². The van der Waals surface area contributed by atoms with Crippen molar-refractivity contribution in [1.29, 1.82) is 0 Å². The van der Waals surface area contributed by atoms with Crippen molar-refractivity contribution in [2.75, 3.05) is 17.6 Å². The SMILES string of the molecule is CC(C)(C)c1ccc(NC(=O)c2cc(-c3cnn(C4CCN(C(=O)O)C(C(C)(C)C)C4)c3)cnc2N)cc1. The Morgan fingerprint density at radius 2 is 1.74 bits per heavy atom. The van der Waals surface area contributed by atoms with E-state index in [2.05, 4.69) is 56.9 Å². The summed E-state index contributed by atoms with van der Waals surface area (Å²) in [6.07, 6.45) is 5.79. The van der Waals surface area contributed by atoms with E-state index < -0.39 is 6.09 Å². The van der Waals surface area contributed by atoms with Gasteiger partial charge >= 0.3 is 6.09 Å². The number of piperidine rings is 1. The number of rotatable bonds is 4. The Kier molecular flexibility index (Phi) is 7.23. The summed E-state index contributed by atoms with van der Waals surface area (Å²) in [5.74, 6) is -0.180. The Labute approximate surface area is 224 Å². The molecule has 2 amide bonds. The quantitative estimate of drug-likeness (QED) is 0.400. The van der Waals surface area contributed by atoms with Crippen LogP contribution in [-0.4, -0.2) is 49.4 Å². The fourth-order valence-electron chi connectivity index (χ4n) is 4.99. The molecule has 0 saturated carbocycles. The summed E-state index contributed by atoms with van der Waals surface area (Å²) in [4.78, 5) is 30.7. The van der Waals surface area contributed by atoms with E-state index in [0.717, 1.165) is 11.1 Å². The molecule has 1 saturated heterocycles. The van der Waals surface area contributed by atoms with E-state index in [1.165, 1.54) is 5.56 Å². The minimum absolute atomic E-state index is 0.0244. The van der Waals surface area contributed by atoms with Gasteiger partial charge in [-0.3, -0.25) is 9.48 Å². The number of nitrogens with zero attached hydrogens (tertiary/aromatic N) is 4. The van der Waals surface area contributed by atoms with Gasteiger partial charge in [0.1, 0.15) is 5.82 Å². The van der Waals surface area contributed by atoms with Crippen LogP contribution in [0.2, 0.25) is 0 Å². The molecule has 0 bridgehead atoms. The molecule has 1 fully saturated rings. The number of pyridine rings is 1. The number of nitrogens with two attached hydrogens (primary N) is 1. The summed E-state index contributed by atoms with van der Waals surface area (Å²) in [5, 5.41) is 17.2. The van der Waals surface area contributed by atoms with Crippen LogP contribution in [0.5, 0.6) is 0 Å². The zero-order chi connectivity index (χ0) is 27.8. The van der Waals surface area contributed by atoms with Gasteiger partial charge in [-0.25, -0.2) is 9.78 Å². The normalized spacial score (nSPS) is 18.3. The number of benzene rings is 1. The molecule has 3 aromatic rings. The Bertz CT molecular complexity index is 1320. The van der Waals surface area contributed by atoms with Gasteiger partial charge in [0.15, 0.2) is 0 Å². The molecule has 9 heteroatoms. The fraction of sp³-hybridized carbons (Fsp3) is 0.448. The maximum atomic E-state index is 13.1. The number of nitrogens with one attached hydrogen (secondary N) is 1. The molecule has 2 atom stereocenters. The van der Waals surface area contributed by atoms with Crippen molar-refractivity contribution in [3.8, 4) is 11.1 Å². The molecule has 38 heavy (non-hydrogen) atoms. The highest BCUT2D eigenvalue weighted by atomic mass is 16.4. The van der Waals surface area contributed by atoms with Gasteiger partial charge in [0.05, 0.1) is 17.8 Å². The molecule has 202 valence electrons. The van der Waals surface area contributed by atoms with Crippen LogP contribution < -0.4 is 11.1 Å². The minimum atomic E-state index is -0.881. The monoisotopic (exact) mass is 518 g/mol. The molecule has 0 aliphatic carbocycles. The molecule has 1 aliphatic rings. The van der Waals surface area contributed by atoms with Crippen LogP contribution >= 0.6 is 0 Å². The number of likely N-dealkylation sites (tertiary alicyclic amines) is 1. The Balaban J connectivity index is 1.52. The van der Waals surface area contributed by atoms with Crippen molar-refractivity contribution in [1.82, 2.24) is 19.7 Å². The molecule has 2 unspecified atom stereocenters. The number of hydrogen-bond acceptors (Lipinski definition) is 5. The fourth-order valence-corrected chi connectivity index (χ4v) is 4.99. The second kappa shape index (κ2) is 10.1. The maximum Gasteiger partial charge on any atom is 0.407 e. The minimum Gasteiger partial charge on any atom is -0.465 e. The summed E-state index contributed by atoms with van der Waals surface area (Å²) >= 11 is 0. The first-order chi connectivity index (χ1) is 17.7. The summed E-state index contributed by atoms with van der Waals surface area (Å²) in [5.41, 5.74) is 9.60. The summed E-state index contributed by atoms with van der Waals surface area (Å²) < 4.78 is 1.90. The molecular formula is C29H38N6O3. The second-order valence-corrected chi connectivity index (χ2v) is 12.2. The number of nitrogen functional groups attached to an aromatic ring is 1. The van der Waals surface area contributed by atoms with E-state index in [1.54, 1.807) is 23.4 Å². The standard InChI is InChI=1S/C29H38N6O3/c1-28(2,3)20-7-9-21(10-8-20)33-26(36)23-13-18(15-31-25(23)30)19-16-32-35(17-19)22-11-12-34(27(37)38)24(14-22)29(4,5)6/h7-10,13,15-17,22,24H,11-12,14H2,1-6H3,(H2,30,31)(H,33,36)(H,37,38). The largest absolute Gasteiger partial charge is 0.465 e. The van der Waals surface area contributed by atoms with Gasteiger partial charge in [-0.1, -0.05) is 53.7 Å². The number of hydrogen-bond donors (Lipinski definition) is 3. The van der Waals surface area contributed by atoms with Gasteiger partial charge in [0.25, 0.3) is 5.91 Å². The molecule has 3 heterocycles. The molecule has 1 aromatic carbocycles. The third-order valence-corrected chi connectivity index (χ3v) is 7.30. The Morgan fingerprint density at radius 1 is 1.05 bits per heavy atom. The molecule has 4 rings (SSSR count). The van der Waals surface area contributed by atoms with Crippen molar-refractivity contribution in [3.63, 3.8) is 0 Å². The molecule has 2 aromatic heterocycles. The number of anilines is 2. The number of aromatic nitrogens is 3. The molecule has 9 nitrogen and oxygen atoms in total. The van der Waals surface area contributed by atoms with E-state index in [0.29, 0.717) is 25.1 Å². The molecule has 1 aliphatic heterocycles. The molecular weight excluding hydrogens is 480 g/mol. The van der Waals surface area contributed by atoms with Crippen LogP contribution in [0.1, 0.15) is 76.3 Å². The lowest BCUT2D eigenvalue weighted by molar-refractivity contribution is 0.0408. The van der Waals surface area contributed by atoms with Crippen molar-refractivity contribution < 1.29 is 14.7 Å². The lowest BCUT2D eigenvalue weighted by Gasteiger charge is -2.44. The lowest BCUT2D eigenvalue weighted by Crippen LogP contribution is -2.51. The van der Waals surface area contributed by atoms with Crippen LogP contribution in [-0.2, 0) is 5.41 Å². The zero-order valence-corrected chi connectivity index (χ0v) is 23.0.